The van der Waals surface area contributed by atoms with Crippen LogP contribution in [0.25, 0.3) is 0 Å². The Morgan fingerprint density at radius 1 is 0.729 bits per heavy atom. The Morgan fingerprint density at radius 3 is 1.76 bits per heavy atom. The lowest BCUT2D eigenvalue weighted by Gasteiger charge is -2.33. The number of carboxylic acids is 3. The fourth-order valence-corrected chi connectivity index (χ4v) is 7.90. The van der Waals surface area contributed by atoms with Crippen molar-refractivity contribution in [2.75, 3.05) is 112 Å². The van der Waals surface area contributed by atoms with Crippen LogP contribution in [0.3, 0.4) is 0 Å². The summed E-state index contributed by atoms with van der Waals surface area (Å²) in [6, 6.07) is 4.67. The molecule has 0 saturated carbocycles. The van der Waals surface area contributed by atoms with Crippen LogP contribution in [0, 0.1) is 0 Å². The molecule has 2 heterocycles. The number of amides is 5. The molecule has 0 spiro atoms. The number of rotatable bonds is 25. The predicted molar refractivity (Wildman–Crippen MR) is 257 cm³/mol. The monoisotopic (exact) mass is 989 g/mol. The van der Waals surface area contributed by atoms with Crippen molar-refractivity contribution in [2.24, 2.45) is 10.7 Å². The van der Waals surface area contributed by atoms with E-state index in [2.05, 4.69) is 26.3 Å². The van der Waals surface area contributed by atoms with E-state index < -0.39 is 66.7 Å². The molecule has 0 aromatic heterocycles. The lowest BCUT2D eigenvalue weighted by atomic mass is 9.78. The van der Waals surface area contributed by atoms with Gasteiger partial charge in [-0.25, -0.2) is 0 Å². The largest absolute Gasteiger partial charge is 0.480 e. The lowest BCUT2D eigenvalue weighted by molar-refractivity contribution is -0.140. The number of guanidine groups is 1. The molecule has 3 atom stereocenters. The topological polar surface area (TPSA) is 344 Å². The molecule has 0 bridgehead atoms. The van der Waals surface area contributed by atoms with Crippen molar-refractivity contribution in [3.8, 4) is 0 Å². The molecule has 2 fully saturated rings. The van der Waals surface area contributed by atoms with E-state index in [0.29, 0.717) is 50.2 Å². The highest BCUT2D eigenvalue weighted by Gasteiger charge is 2.38. The summed E-state index contributed by atoms with van der Waals surface area (Å²) in [4.78, 5) is 114. The molecular weight excluding hydrogens is 915 g/mol. The minimum absolute atomic E-state index is 0.170. The number of aliphatic imine (C=N–C) groups is 1. The summed E-state index contributed by atoms with van der Waals surface area (Å²) in [6.07, 6.45) is 2.78. The number of carbonyl (C=O) groups excluding carboxylic acids is 5. The summed E-state index contributed by atoms with van der Waals surface area (Å²) >= 11 is 0. The number of aliphatic carboxylic acids is 3. The highest BCUT2D eigenvalue weighted by Crippen LogP contribution is 2.19. The van der Waals surface area contributed by atoms with Gasteiger partial charge in [-0.05, 0) is 63.1 Å². The molecular formula is C44H73BN12O13. The number of nitrogens with zero attached hydrogens (tertiary/aromatic N) is 7. The number of hydrogen-bond donors (Lipinski definition) is 10. The van der Waals surface area contributed by atoms with Gasteiger partial charge in [0, 0.05) is 105 Å². The molecule has 0 aliphatic carbocycles. The SMILES string of the molecule is C[C@@H](NC(=O)c1ccc(CNC(=O)CCCCNC(=O)[C@H](CCCN=C(N)N(C)C)NC(=O)CN2CCN(CC(=O)O)CCN(CC(=O)O)CCN(CC(=O)O)CC2)cc1)C(=O)N1CCC[C@H]1B(O)O. The van der Waals surface area contributed by atoms with E-state index in [9.17, 15) is 63.7 Å². The van der Waals surface area contributed by atoms with Gasteiger partial charge in [0.1, 0.15) is 12.1 Å². The van der Waals surface area contributed by atoms with E-state index in [-0.39, 0.29) is 117 Å². The average molecular weight is 989 g/mol. The van der Waals surface area contributed by atoms with Gasteiger partial charge >= 0.3 is 25.0 Å². The summed E-state index contributed by atoms with van der Waals surface area (Å²) in [7, 11) is 1.82. The van der Waals surface area contributed by atoms with Gasteiger partial charge in [-0.15, -0.1) is 0 Å². The molecule has 2 aliphatic heterocycles. The zero-order chi connectivity index (χ0) is 51.8. The minimum Gasteiger partial charge on any atom is -0.480 e. The summed E-state index contributed by atoms with van der Waals surface area (Å²) in [5, 5.41) is 58.9. The van der Waals surface area contributed by atoms with Crippen LogP contribution < -0.4 is 27.0 Å². The van der Waals surface area contributed by atoms with Crippen LogP contribution in [0.2, 0.25) is 0 Å². The van der Waals surface area contributed by atoms with Crippen molar-refractivity contribution in [2.45, 2.75) is 76.4 Å². The molecule has 11 N–H and O–H groups in total. The van der Waals surface area contributed by atoms with E-state index in [1.807, 2.05) is 0 Å². The van der Waals surface area contributed by atoms with Crippen molar-refractivity contribution >= 4 is 60.5 Å². The van der Waals surface area contributed by atoms with E-state index in [1.54, 1.807) is 62.9 Å². The number of nitrogens with two attached hydrogens (primary N) is 1. The minimum atomic E-state index is -1.66. The number of nitrogens with one attached hydrogen (secondary N) is 4. The number of likely N-dealkylation sites (tertiary alicyclic amines) is 1. The van der Waals surface area contributed by atoms with Crippen molar-refractivity contribution in [1.82, 2.24) is 50.7 Å². The quantitative estimate of drug-likeness (QED) is 0.0195. The number of hydrogen-bond acceptors (Lipinski definition) is 15. The van der Waals surface area contributed by atoms with E-state index in [4.69, 9.17) is 5.73 Å². The molecule has 2 saturated heterocycles. The number of carboxylic acid groups (broad SMARTS) is 3. The molecule has 0 unspecified atom stereocenters. The van der Waals surface area contributed by atoms with Gasteiger partial charge < -0.3 is 62.2 Å². The van der Waals surface area contributed by atoms with Gasteiger partial charge in [0.25, 0.3) is 5.91 Å². The molecule has 0 radical (unpaired) electrons. The van der Waals surface area contributed by atoms with Crippen LogP contribution in [0.4, 0.5) is 0 Å². The molecule has 26 heteroatoms. The summed E-state index contributed by atoms with van der Waals surface area (Å²) in [6.45, 7) is 3.27. The smallest absolute Gasteiger partial charge is 0.475 e. The highest BCUT2D eigenvalue weighted by atomic mass is 16.4. The molecule has 70 heavy (non-hydrogen) atoms. The Balaban J connectivity index is 1.53. The molecule has 390 valence electrons. The Hall–Kier alpha value is -5.93. The first-order valence-electron chi connectivity index (χ1n) is 23.6. The summed E-state index contributed by atoms with van der Waals surface area (Å²) < 4.78 is 0. The van der Waals surface area contributed by atoms with Crippen LogP contribution in [-0.4, -0.2) is 246 Å². The average Bonchev–Trinajstić information content (AvgIpc) is 3.80. The summed E-state index contributed by atoms with van der Waals surface area (Å²) in [5.74, 6) is -5.67. The second kappa shape index (κ2) is 30.6. The Kier molecular flexibility index (Phi) is 25.6. The normalized spacial score (nSPS) is 17.8. The first kappa shape index (κ1) is 58.4. The third kappa shape index (κ3) is 22.2. The Labute approximate surface area is 408 Å². The molecule has 2 aliphatic rings. The van der Waals surface area contributed by atoms with Crippen molar-refractivity contribution in [3.63, 3.8) is 0 Å². The highest BCUT2D eigenvalue weighted by molar-refractivity contribution is 6.43. The third-order valence-electron chi connectivity index (χ3n) is 11.9. The maximum absolute atomic E-state index is 13.6. The van der Waals surface area contributed by atoms with Gasteiger partial charge in [0.15, 0.2) is 5.96 Å². The van der Waals surface area contributed by atoms with Crippen molar-refractivity contribution in [1.29, 1.82) is 0 Å². The maximum atomic E-state index is 13.6. The first-order valence-corrected chi connectivity index (χ1v) is 23.6. The fraction of sp³-hybridized carbons (Fsp3) is 0.659. The van der Waals surface area contributed by atoms with Crippen LogP contribution in [0.1, 0.15) is 67.8 Å². The number of benzene rings is 1. The molecule has 5 amide bonds. The second-order valence-electron chi connectivity index (χ2n) is 17.8. The van der Waals surface area contributed by atoms with Gasteiger partial charge in [0.2, 0.25) is 23.6 Å². The molecule has 3 rings (SSSR count). The zero-order valence-corrected chi connectivity index (χ0v) is 40.6. The van der Waals surface area contributed by atoms with Crippen molar-refractivity contribution < 1.29 is 63.7 Å². The van der Waals surface area contributed by atoms with Gasteiger partial charge in [0.05, 0.1) is 32.1 Å². The van der Waals surface area contributed by atoms with Crippen LogP contribution in [0.15, 0.2) is 29.3 Å². The third-order valence-corrected chi connectivity index (χ3v) is 11.9. The molecule has 1 aromatic carbocycles. The standard InChI is InChI=1S/C44H73BN12O13/c1-31(43(68)57-17-7-9-35(57)45(69)70)50-41(66)33-13-11-32(12-14-33)26-49-36(58)10-4-5-15-47-42(67)34(8-6-16-48-44(46)52(2)3)51-37(59)27-53-18-20-54(28-38(60)61)22-24-56(30-40(64)65)25-23-55(21-19-53)29-39(62)63/h11-14,31,34-35,69-70H,4-10,15-30H2,1-3H3,(H2,46,48)(H,47,67)(H,49,58)(H,50,66)(H,51,59)(H,60,61)(H,62,63)(H,64,65)/t31-,34+,35+/m1/s1. The predicted octanol–water partition coefficient (Wildman–Crippen LogP) is -3.67. The van der Waals surface area contributed by atoms with E-state index in [0.717, 1.165) is 5.56 Å². The zero-order valence-electron chi connectivity index (χ0n) is 40.6. The molecule has 1 aromatic rings. The van der Waals surface area contributed by atoms with Gasteiger partial charge in [-0.2, -0.15) is 0 Å². The van der Waals surface area contributed by atoms with E-state index >= 15 is 0 Å². The second-order valence-corrected chi connectivity index (χ2v) is 17.8. The lowest BCUT2D eigenvalue weighted by Crippen LogP contribution is -2.52. The van der Waals surface area contributed by atoms with Gasteiger partial charge in [-0.3, -0.25) is 62.9 Å². The number of unbranched alkanes of at least 4 members (excludes halogenated alkanes) is 1. The Morgan fingerprint density at radius 2 is 1.26 bits per heavy atom. The number of carbonyl (C=O) groups is 8. The summed E-state index contributed by atoms with van der Waals surface area (Å²) in [5.41, 5.74) is 6.96. The van der Waals surface area contributed by atoms with Gasteiger partial charge in [-0.1, -0.05) is 12.1 Å². The first-order chi connectivity index (χ1) is 33.2. The van der Waals surface area contributed by atoms with Crippen LogP contribution in [0.5, 0.6) is 0 Å². The van der Waals surface area contributed by atoms with Crippen molar-refractivity contribution in [3.05, 3.63) is 35.4 Å². The maximum Gasteiger partial charge on any atom is 0.475 e. The van der Waals surface area contributed by atoms with E-state index in [1.165, 1.54) is 11.8 Å². The Bertz CT molecular complexity index is 1900. The molecule has 25 nitrogen and oxygen atoms in total. The fourth-order valence-electron chi connectivity index (χ4n) is 7.90. The van der Waals surface area contributed by atoms with Crippen LogP contribution >= 0.6 is 0 Å². The van der Waals surface area contributed by atoms with Crippen LogP contribution in [-0.2, 0) is 40.1 Å².